The Morgan fingerprint density at radius 3 is 2.60 bits per heavy atom. The predicted molar refractivity (Wildman–Crippen MR) is 148 cm³/mol. The molecule has 1 N–H and O–H groups in total. The van der Waals surface area contributed by atoms with Crippen LogP contribution in [-0.2, 0) is 6.54 Å². The second-order valence-electron chi connectivity index (χ2n) is 10.0. The Morgan fingerprint density at radius 2 is 1.80 bits per heavy atom. The summed E-state index contributed by atoms with van der Waals surface area (Å²) in [5, 5.41) is 3.92. The number of nitrogens with one attached hydrogen (secondary N) is 1. The van der Waals surface area contributed by atoms with Crippen molar-refractivity contribution in [1.82, 2.24) is 29.4 Å². The van der Waals surface area contributed by atoms with E-state index in [2.05, 4.69) is 20.3 Å². The molecule has 40 heavy (non-hydrogen) atoms. The normalized spacial score (nSPS) is 17.5. The highest BCUT2D eigenvalue weighted by Crippen LogP contribution is 2.29. The number of halogens is 3. The van der Waals surface area contributed by atoms with Crippen molar-refractivity contribution in [3.8, 4) is 5.69 Å². The molecule has 0 radical (unpaired) electrons. The zero-order valence-electron chi connectivity index (χ0n) is 21.3. The summed E-state index contributed by atoms with van der Waals surface area (Å²) in [6, 6.07) is 14.3. The molecule has 1 aromatic carbocycles. The van der Waals surface area contributed by atoms with E-state index >= 15 is 0 Å². The van der Waals surface area contributed by atoms with Crippen LogP contribution in [0.5, 0.6) is 0 Å². The number of amides is 1. The van der Waals surface area contributed by atoms with Gasteiger partial charge in [0.15, 0.2) is 5.65 Å². The third-order valence-electron chi connectivity index (χ3n) is 7.49. The average Bonchev–Trinajstić information content (AvgIpc) is 3.24. The summed E-state index contributed by atoms with van der Waals surface area (Å²) in [6.07, 6.45) is 4.50. The van der Waals surface area contributed by atoms with Gasteiger partial charge in [-0.05, 0) is 74.1 Å². The molecule has 0 saturated heterocycles. The molecule has 204 valence electrons. The summed E-state index contributed by atoms with van der Waals surface area (Å²) in [5.74, 6) is -0.403. The van der Waals surface area contributed by atoms with Crippen LogP contribution in [0.15, 0.2) is 71.9 Å². The first-order valence-electron chi connectivity index (χ1n) is 13.0. The Labute approximate surface area is 232 Å². The van der Waals surface area contributed by atoms with Crippen molar-refractivity contribution in [2.75, 3.05) is 0 Å². The number of hydrogen-bond donors (Lipinski definition) is 1. The topological polar surface area (TPSA) is 94.7 Å². The Kier molecular flexibility index (Phi) is 7.02. The highest BCUT2D eigenvalue weighted by Gasteiger charge is 2.27. The van der Waals surface area contributed by atoms with E-state index in [1.54, 1.807) is 21.5 Å². The fraction of sp³-hybridized carbons (Fsp3) is 0.276. The molecular weight excluding hydrogens is 538 g/mol. The third-order valence-corrected chi connectivity index (χ3v) is 7.70. The van der Waals surface area contributed by atoms with Gasteiger partial charge in [0.05, 0.1) is 27.3 Å². The number of imidazole rings is 1. The zero-order chi connectivity index (χ0) is 27.8. The Balaban J connectivity index is 1.19. The molecule has 1 saturated carbocycles. The minimum absolute atomic E-state index is 0.123. The van der Waals surface area contributed by atoms with Crippen molar-refractivity contribution in [1.29, 1.82) is 0 Å². The van der Waals surface area contributed by atoms with E-state index < -0.39 is 18.0 Å². The Bertz CT molecular complexity index is 1780. The Morgan fingerprint density at radius 1 is 1.02 bits per heavy atom. The van der Waals surface area contributed by atoms with Crippen LogP contribution in [-0.4, -0.2) is 36.0 Å². The molecule has 4 heterocycles. The Hall–Kier alpha value is -4.18. The maximum absolute atomic E-state index is 13.7. The third kappa shape index (κ3) is 4.95. The zero-order valence-corrected chi connectivity index (χ0v) is 22.1. The summed E-state index contributed by atoms with van der Waals surface area (Å²) < 4.78 is 30.1. The van der Waals surface area contributed by atoms with Gasteiger partial charge in [-0.2, -0.15) is 0 Å². The van der Waals surface area contributed by atoms with Crippen molar-refractivity contribution in [2.24, 2.45) is 5.92 Å². The quantitative estimate of drug-likeness (QED) is 0.286. The van der Waals surface area contributed by atoms with Gasteiger partial charge < -0.3 is 5.32 Å². The van der Waals surface area contributed by atoms with Gasteiger partial charge in [-0.1, -0.05) is 17.7 Å². The average molecular weight is 563 g/mol. The van der Waals surface area contributed by atoms with E-state index in [1.807, 2.05) is 42.5 Å². The standard InChI is InChI=1S/C29H25ClF2N6O2/c30-19-14-22(25(26(31)32)35-15-19)28(39)36-20-7-5-17(6-8-20)16-37-24-4-2-12-34-27(24)38(29(37)40)21-9-10-23-18(13-21)3-1-11-33-23/h1-4,9-15,17,20,26H,5-8,16H2,(H,36,39). The van der Waals surface area contributed by atoms with Crippen molar-refractivity contribution in [2.45, 2.75) is 44.7 Å². The molecule has 0 bridgehead atoms. The number of pyridine rings is 3. The molecular formula is C29H25ClF2N6O2. The maximum atomic E-state index is 13.7. The second-order valence-corrected chi connectivity index (χ2v) is 10.5. The first-order valence-corrected chi connectivity index (χ1v) is 13.4. The van der Waals surface area contributed by atoms with E-state index in [9.17, 15) is 18.4 Å². The summed E-state index contributed by atoms with van der Waals surface area (Å²) in [4.78, 5) is 39.0. The minimum atomic E-state index is -2.88. The van der Waals surface area contributed by atoms with E-state index in [4.69, 9.17) is 11.6 Å². The number of alkyl halides is 2. The lowest BCUT2D eigenvalue weighted by molar-refractivity contribution is 0.0904. The molecule has 5 aromatic rings. The van der Waals surface area contributed by atoms with E-state index in [0.717, 1.165) is 41.1 Å². The number of carbonyl (C=O) groups is 1. The SMILES string of the molecule is O=C(NC1CCC(Cn2c(=O)n(-c3ccc4ncccc4c3)c3ncccc32)CC1)c1cc(Cl)cnc1C(F)F. The van der Waals surface area contributed by atoms with Gasteiger partial charge in [0.1, 0.15) is 5.69 Å². The van der Waals surface area contributed by atoms with Crippen molar-refractivity contribution in [3.63, 3.8) is 0 Å². The van der Waals surface area contributed by atoms with Crippen LogP contribution in [0, 0.1) is 5.92 Å². The molecule has 4 aromatic heterocycles. The monoisotopic (exact) mass is 562 g/mol. The number of carbonyl (C=O) groups excluding carboxylic acids is 1. The lowest BCUT2D eigenvalue weighted by atomic mass is 9.85. The molecule has 6 rings (SSSR count). The molecule has 1 amide bonds. The molecule has 0 spiro atoms. The van der Waals surface area contributed by atoms with Crippen molar-refractivity contribution >= 4 is 39.6 Å². The summed E-state index contributed by atoms with van der Waals surface area (Å²) >= 11 is 5.90. The molecule has 1 aliphatic rings. The van der Waals surface area contributed by atoms with Crippen molar-refractivity contribution < 1.29 is 13.6 Å². The summed E-state index contributed by atoms with van der Waals surface area (Å²) in [6.45, 7) is 0.511. The highest BCUT2D eigenvalue weighted by molar-refractivity contribution is 6.30. The summed E-state index contributed by atoms with van der Waals surface area (Å²) in [5.41, 5.74) is 1.95. The first kappa shape index (κ1) is 26.1. The minimum Gasteiger partial charge on any atom is -0.349 e. The number of benzene rings is 1. The van der Waals surface area contributed by atoms with Crippen LogP contribution in [0.1, 0.15) is 48.2 Å². The van der Waals surface area contributed by atoms with Crippen molar-refractivity contribution in [3.05, 3.63) is 93.9 Å². The van der Waals surface area contributed by atoms with Gasteiger partial charge in [-0.15, -0.1) is 0 Å². The van der Waals surface area contributed by atoms with Gasteiger partial charge in [0.25, 0.3) is 12.3 Å². The number of fused-ring (bicyclic) bond motifs is 2. The van der Waals surface area contributed by atoms with Crippen LogP contribution in [0.25, 0.3) is 27.8 Å². The predicted octanol–water partition coefficient (Wildman–Crippen LogP) is 5.71. The lowest BCUT2D eigenvalue weighted by Gasteiger charge is -2.29. The van der Waals surface area contributed by atoms with E-state index in [0.29, 0.717) is 25.0 Å². The van der Waals surface area contributed by atoms with Gasteiger partial charge in [0, 0.05) is 36.6 Å². The van der Waals surface area contributed by atoms with Gasteiger partial charge in [-0.3, -0.25) is 19.3 Å². The number of aromatic nitrogens is 5. The maximum Gasteiger partial charge on any atom is 0.334 e. The molecule has 11 heteroatoms. The fourth-order valence-electron chi connectivity index (χ4n) is 5.51. The van der Waals surface area contributed by atoms with Crippen LogP contribution >= 0.6 is 11.6 Å². The number of rotatable bonds is 6. The van der Waals surface area contributed by atoms with E-state index in [-0.39, 0.29) is 28.2 Å². The largest absolute Gasteiger partial charge is 0.349 e. The summed E-state index contributed by atoms with van der Waals surface area (Å²) in [7, 11) is 0. The number of hydrogen-bond acceptors (Lipinski definition) is 5. The van der Waals surface area contributed by atoms with Crippen LogP contribution < -0.4 is 11.0 Å². The molecule has 0 unspecified atom stereocenters. The second kappa shape index (κ2) is 10.8. The van der Waals surface area contributed by atoms with Gasteiger partial charge >= 0.3 is 5.69 Å². The molecule has 0 aliphatic heterocycles. The molecule has 8 nitrogen and oxygen atoms in total. The van der Waals surface area contributed by atoms with Crippen LogP contribution in [0.3, 0.4) is 0 Å². The molecule has 1 fully saturated rings. The first-order chi connectivity index (χ1) is 19.4. The van der Waals surface area contributed by atoms with Crippen LogP contribution in [0.4, 0.5) is 8.78 Å². The van der Waals surface area contributed by atoms with E-state index in [1.165, 1.54) is 6.07 Å². The van der Waals surface area contributed by atoms with Crippen LogP contribution in [0.2, 0.25) is 5.02 Å². The van der Waals surface area contributed by atoms with Gasteiger partial charge in [0.2, 0.25) is 0 Å². The fourth-order valence-corrected chi connectivity index (χ4v) is 5.67. The highest BCUT2D eigenvalue weighted by atomic mass is 35.5. The molecule has 0 atom stereocenters. The number of nitrogens with zero attached hydrogens (tertiary/aromatic N) is 5. The molecule has 1 aliphatic carbocycles. The van der Waals surface area contributed by atoms with Gasteiger partial charge in [-0.25, -0.2) is 23.1 Å². The lowest BCUT2D eigenvalue weighted by Crippen LogP contribution is -2.39. The smallest absolute Gasteiger partial charge is 0.334 e.